The Morgan fingerprint density at radius 3 is 2.78 bits per heavy atom. The van der Waals surface area contributed by atoms with Gasteiger partial charge in [0.25, 0.3) is 0 Å². The number of benzene rings is 1. The zero-order chi connectivity index (χ0) is 13.3. The van der Waals surface area contributed by atoms with E-state index in [1.54, 1.807) is 0 Å². The Morgan fingerprint density at radius 2 is 2.06 bits per heavy atom. The van der Waals surface area contributed by atoms with E-state index in [-0.39, 0.29) is 5.54 Å². The van der Waals surface area contributed by atoms with Crippen LogP contribution >= 0.6 is 23.2 Å². The molecule has 1 nitrogen and oxygen atoms in total. The summed E-state index contributed by atoms with van der Waals surface area (Å²) in [7, 11) is 0. The Bertz CT molecular complexity index is 433. The van der Waals surface area contributed by atoms with Crippen molar-refractivity contribution in [3.05, 3.63) is 33.8 Å². The Morgan fingerprint density at radius 1 is 1.33 bits per heavy atom. The molecule has 3 heteroatoms. The van der Waals surface area contributed by atoms with Gasteiger partial charge in [0.2, 0.25) is 0 Å². The molecule has 1 aromatic rings. The standard InChI is InChI=1S/C15H21Cl2N/c1-10-5-4-8-15(18,11(10)2)9-12-6-3-7-13(16)14(12)17/h3,6-7,10-11H,4-5,8-9,18H2,1-2H3. The van der Waals surface area contributed by atoms with Crippen LogP contribution in [0.4, 0.5) is 0 Å². The molecular weight excluding hydrogens is 265 g/mol. The van der Waals surface area contributed by atoms with Crippen molar-refractivity contribution >= 4 is 23.2 Å². The Kier molecular flexibility index (Phi) is 4.25. The summed E-state index contributed by atoms with van der Waals surface area (Å²) in [6, 6.07) is 5.81. The molecule has 0 amide bonds. The molecule has 2 N–H and O–H groups in total. The molecule has 0 aromatic heterocycles. The molecule has 18 heavy (non-hydrogen) atoms. The van der Waals surface area contributed by atoms with Gasteiger partial charge in [-0.3, -0.25) is 0 Å². The first kappa shape index (κ1) is 14.2. The lowest BCUT2D eigenvalue weighted by Crippen LogP contribution is -2.52. The molecule has 1 aliphatic rings. The van der Waals surface area contributed by atoms with Crippen LogP contribution < -0.4 is 5.73 Å². The molecule has 0 aliphatic heterocycles. The minimum atomic E-state index is -0.147. The van der Waals surface area contributed by atoms with Crippen molar-refractivity contribution in [1.29, 1.82) is 0 Å². The highest BCUT2D eigenvalue weighted by molar-refractivity contribution is 6.42. The molecule has 1 aliphatic carbocycles. The molecule has 100 valence electrons. The summed E-state index contributed by atoms with van der Waals surface area (Å²) in [6.07, 6.45) is 4.38. The second-order valence-electron chi connectivity index (χ2n) is 5.78. The van der Waals surface area contributed by atoms with Gasteiger partial charge in [-0.25, -0.2) is 0 Å². The summed E-state index contributed by atoms with van der Waals surface area (Å²) in [6.45, 7) is 4.56. The molecule has 3 atom stereocenters. The summed E-state index contributed by atoms with van der Waals surface area (Å²) >= 11 is 12.3. The maximum Gasteiger partial charge on any atom is 0.0624 e. The first-order chi connectivity index (χ1) is 8.44. The van der Waals surface area contributed by atoms with Gasteiger partial charge in [0.15, 0.2) is 0 Å². The van der Waals surface area contributed by atoms with Crippen LogP contribution in [0.25, 0.3) is 0 Å². The third-order valence-corrected chi connectivity index (χ3v) is 5.47. The van der Waals surface area contributed by atoms with Crippen LogP contribution in [-0.4, -0.2) is 5.54 Å². The monoisotopic (exact) mass is 285 g/mol. The smallest absolute Gasteiger partial charge is 0.0624 e. The molecule has 0 heterocycles. The summed E-state index contributed by atoms with van der Waals surface area (Å²) in [5.74, 6) is 1.20. The van der Waals surface area contributed by atoms with Crippen molar-refractivity contribution < 1.29 is 0 Å². The summed E-state index contributed by atoms with van der Waals surface area (Å²) in [5, 5.41) is 1.28. The fourth-order valence-electron chi connectivity index (χ4n) is 3.09. The number of hydrogen-bond donors (Lipinski definition) is 1. The average Bonchev–Trinajstić information content (AvgIpc) is 2.32. The van der Waals surface area contributed by atoms with E-state index in [1.807, 2.05) is 18.2 Å². The van der Waals surface area contributed by atoms with E-state index < -0.39 is 0 Å². The topological polar surface area (TPSA) is 26.0 Å². The third kappa shape index (κ3) is 2.68. The largest absolute Gasteiger partial charge is 0.325 e. The Labute approximate surface area is 120 Å². The molecule has 1 fully saturated rings. The van der Waals surface area contributed by atoms with Crippen molar-refractivity contribution in [3.63, 3.8) is 0 Å². The third-order valence-electron chi connectivity index (χ3n) is 4.61. The van der Waals surface area contributed by atoms with Crippen LogP contribution in [0.2, 0.25) is 10.0 Å². The number of rotatable bonds is 2. The van der Waals surface area contributed by atoms with Crippen LogP contribution in [0.1, 0.15) is 38.7 Å². The zero-order valence-corrected chi connectivity index (χ0v) is 12.6. The van der Waals surface area contributed by atoms with Gasteiger partial charge in [0, 0.05) is 5.54 Å². The van der Waals surface area contributed by atoms with E-state index in [0.29, 0.717) is 21.9 Å². The number of hydrogen-bond acceptors (Lipinski definition) is 1. The van der Waals surface area contributed by atoms with Gasteiger partial charge >= 0.3 is 0 Å². The quantitative estimate of drug-likeness (QED) is 0.838. The molecule has 1 saturated carbocycles. The van der Waals surface area contributed by atoms with Crippen molar-refractivity contribution in [1.82, 2.24) is 0 Å². The summed E-state index contributed by atoms with van der Waals surface area (Å²) in [4.78, 5) is 0. The lowest BCUT2D eigenvalue weighted by Gasteiger charge is -2.43. The van der Waals surface area contributed by atoms with E-state index in [9.17, 15) is 0 Å². The van der Waals surface area contributed by atoms with Crippen LogP contribution in [0.3, 0.4) is 0 Å². The van der Waals surface area contributed by atoms with Crippen molar-refractivity contribution in [2.45, 2.75) is 45.1 Å². The van der Waals surface area contributed by atoms with E-state index in [1.165, 1.54) is 12.8 Å². The van der Waals surface area contributed by atoms with Gasteiger partial charge in [0.1, 0.15) is 0 Å². The second kappa shape index (κ2) is 5.40. The van der Waals surface area contributed by atoms with Crippen LogP contribution in [0, 0.1) is 11.8 Å². The van der Waals surface area contributed by atoms with Gasteiger partial charge in [-0.15, -0.1) is 0 Å². The van der Waals surface area contributed by atoms with Crippen LogP contribution in [0.15, 0.2) is 18.2 Å². The van der Waals surface area contributed by atoms with E-state index in [4.69, 9.17) is 28.9 Å². The van der Waals surface area contributed by atoms with Crippen molar-refractivity contribution in [2.24, 2.45) is 17.6 Å². The SMILES string of the molecule is CC1CCCC(N)(Cc2cccc(Cl)c2Cl)C1C. The number of nitrogens with two attached hydrogens (primary N) is 1. The van der Waals surface area contributed by atoms with Gasteiger partial charge in [-0.2, -0.15) is 0 Å². The molecule has 1 aromatic carbocycles. The van der Waals surface area contributed by atoms with Crippen LogP contribution in [0.5, 0.6) is 0 Å². The maximum atomic E-state index is 6.64. The van der Waals surface area contributed by atoms with Gasteiger partial charge in [-0.1, -0.05) is 62.0 Å². The summed E-state index contributed by atoms with van der Waals surface area (Å²) in [5.41, 5.74) is 7.57. The molecular formula is C15H21Cl2N. The normalized spacial score (nSPS) is 32.5. The van der Waals surface area contributed by atoms with Gasteiger partial charge in [-0.05, 0) is 36.3 Å². The minimum absolute atomic E-state index is 0.147. The maximum absolute atomic E-state index is 6.64. The first-order valence-corrected chi connectivity index (χ1v) is 7.41. The van der Waals surface area contributed by atoms with Gasteiger partial charge < -0.3 is 5.73 Å². The van der Waals surface area contributed by atoms with E-state index in [0.717, 1.165) is 18.4 Å². The molecule has 2 rings (SSSR count). The summed E-state index contributed by atoms with van der Waals surface area (Å²) < 4.78 is 0. The van der Waals surface area contributed by atoms with Crippen LogP contribution in [-0.2, 0) is 6.42 Å². The molecule has 0 spiro atoms. The van der Waals surface area contributed by atoms with Crippen molar-refractivity contribution in [3.8, 4) is 0 Å². The number of halogens is 2. The lowest BCUT2D eigenvalue weighted by molar-refractivity contribution is 0.143. The highest BCUT2D eigenvalue weighted by Crippen LogP contribution is 2.39. The Balaban J connectivity index is 2.24. The molecule has 0 bridgehead atoms. The van der Waals surface area contributed by atoms with Crippen molar-refractivity contribution in [2.75, 3.05) is 0 Å². The first-order valence-electron chi connectivity index (χ1n) is 6.66. The Hall–Kier alpha value is -0.240. The minimum Gasteiger partial charge on any atom is -0.325 e. The van der Waals surface area contributed by atoms with E-state index in [2.05, 4.69) is 13.8 Å². The average molecular weight is 286 g/mol. The highest BCUT2D eigenvalue weighted by Gasteiger charge is 2.38. The highest BCUT2D eigenvalue weighted by atomic mass is 35.5. The fraction of sp³-hybridized carbons (Fsp3) is 0.600. The molecule has 0 saturated heterocycles. The zero-order valence-electron chi connectivity index (χ0n) is 11.0. The molecule has 3 unspecified atom stereocenters. The predicted octanol–water partition coefficient (Wildman–Crippen LogP) is 4.69. The fourth-order valence-corrected chi connectivity index (χ4v) is 3.47. The molecule has 0 radical (unpaired) electrons. The lowest BCUT2D eigenvalue weighted by atomic mass is 9.66. The second-order valence-corrected chi connectivity index (χ2v) is 6.57. The predicted molar refractivity (Wildman–Crippen MR) is 79.3 cm³/mol. The van der Waals surface area contributed by atoms with Gasteiger partial charge in [0.05, 0.1) is 10.0 Å². The van der Waals surface area contributed by atoms with E-state index >= 15 is 0 Å².